The summed E-state index contributed by atoms with van der Waals surface area (Å²) in [6, 6.07) is 11.7. The van der Waals surface area contributed by atoms with Crippen LogP contribution < -0.4 is 5.32 Å². The van der Waals surface area contributed by atoms with Crippen molar-refractivity contribution < 1.29 is 9.50 Å². The quantitative estimate of drug-likeness (QED) is 0.793. The predicted molar refractivity (Wildman–Crippen MR) is 66.6 cm³/mol. The SMILES string of the molecule is Cc1ccc(F)c(CNc2ccc(O)cc2)c1. The molecule has 0 amide bonds. The van der Waals surface area contributed by atoms with E-state index in [0.29, 0.717) is 12.1 Å². The first-order valence-electron chi connectivity index (χ1n) is 5.43. The topological polar surface area (TPSA) is 32.3 Å². The molecule has 0 unspecified atom stereocenters. The standard InChI is InChI=1S/C14H14FNO/c1-10-2-7-14(15)11(8-10)9-16-12-3-5-13(17)6-4-12/h2-8,16-17H,9H2,1H3. The molecule has 88 valence electrons. The van der Waals surface area contributed by atoms with Gasteiger partial charge in [0, 0.05) is 17.8 Å². The zero-order valence-corrected chi connectivity index (χ0v) is 9.57. The lowest BCUT2D eigenvalue weighted by atomic mass is 10.1. The van der Waals surface area contributed by atoms with Crippen molar-refractivity contribution in [2.75, 3.05) is 5.32 Å². The van der Waals surface area contributed by atoms with E-state index in [9.17, 15) is 4.39 Å². The second-order valence-corrected chi connectivity index (χ2v) is 4.00. The minimum Gasteiger partial charge on any atom is -0.508 e. The molecule has 2 nitrogen and oxygen atoms in total. The fourth-order valence-corrected chi connectivity index (χ4v) is 1.62. The Labute approximate surface area is 99.7 Å². The third kappa shape index (κ3) is 2.97. The largest absolute Gasteiger partial charge is 0.508 e. The number of benzene rings is 2. The number of hydrogen-bond acceptors (Lipinski definition) is 2. The van der Waals surface area contributed by atoms with Gasteiger partial charge in [0.1, 0.15) is 11.6 Å². The first-order chi connectivity index (χ1) is 8.15. The average molecular weight is 231 g/mol. The molecular weight excluding hydrogens is 217 g/mol. The van der Waals surface area contributed by atoms with Crippen LogP contribution in [0.25, 0.3) is 0 Å². The van der Waals surface area contributed by atoms with Gasteiger partial charge in [-0.2, -0.15) is 0 Å². The van der Waals surface area contributed by atoms with Crippen LogP contribution in [0.4, 0.5) is 10.1 Å². The summed E-state index contributed by atoms with van der Waals surface area (Å²) in [6.07, 6.45) is 0. The maximum Gasteiger partial charge on any atom is 0.128 e. The molecule has 2 aromatic rings. The van der Waals surface area contributed by atoms with E-state index in [1.807, 2.05) is 13.0 Å². The molecular formula is C14H14FNO. The molecule has 0 saturated carbocycles. The maximum absolute atomic E-state index is 13.5. The average Bonchev–Trinajstić information content (AvgIpc) is 2.32. The molecule has 0 aliphatic heterocycles. The molecule has 2 N–H and O–H groups in total. The Hall–Kier alpha value is -2.03. The van der Waals surface area contributed by atoms with Crippen LogP contribution in [0.5, 0.6) is 5.75 Å². The summed E-state index contributed by atoms with van der Waals surface area (Å²) in [5, 5.41) is 12.2. The lowest BCUT2D eigenvalue weighted by Crippen LogP contribution is -2.01. The minimum atomic E-state index is -0.207. The molecule has 2 aromatic carbocycles. The summed E-state index contributed by atoms with van der Waals surface area (Å²) in [4.78, 5) is 0. The second kappa shape index (κ2) is 4.87. The lowest BCUT2D eigenvalue weighted by Gasteiger charge is -2.08. The molecule has 0 bridgehead atoms. The van der Waals surface area contributed by atoms with E-state index in [1.54, 1.807) is 30.3 Å². The van der Waals surface area contributed by atoms with E-state index in [4.69, 9.17) is 5.11 Å². The molecule has 3 heteroatoms. The summed E-state index contributed by atoms with van der Waals surface area (Å²) < 4.78 is 13.5. The van der Waals surface area contributed by atoms with Gasteiger partial charge in [0.15, 0.2) is 0 Å². The molecule has 0 aromatic heterocycles. The van der Waals surface area contributed by atoms with Gasteiger partial charge in [0.25, 0.3) is 0 Å². The Bertz CT molecular complexity index is 508. The number of rotatable bonds is 3. The minimum absolute atomic E-state index is 0.207. The van der Waals surface area contributed by atoms with Gasteiger partial charge in [-0.25, -0.2) is 4.39 Å². The smallest absolute Gasteiger partial charge is 0.128 e. The summed E-state index contributed by atoms with van der Waals surface area (Å²) in [7, 11) is 0. The van der Waals surface area contributed by atoms with E-state index in [1.165, 1.54) is 6.07 Å². The monoisotopic (exact) mass is 231 g/mol. The summed E-state index contributed by atoms with van der Waals surface area (Å²) in [6.45, 7) is 2.36. The molecule has 0 fully saturated rings. The highest BCUT2D eigenvalue weighted by Gasteiger charge is 2.02. The van der Waals surface area contributed by atoms with Crippen LogP contribution in [0, 0.1) is 12.7 Å². The van der Waals surface area contributed by atoms with Crippen LogP contribution >= 0.6 is 0 Å². The Kier molecular flexibility index (Phi) is 3.28. The first-order valence-corrected chi connectivity index (χ1v) is 5.43. The molecule has 0 heterocycles. The van der Waals surface area contributed by atoms with Crippen molar-refractivity contribution in [2.45, 2.75) is 13.5 Å². The predicted octanol–water partition coefficient (Wildman–Crippen LogP) is 3.45. The van der Waals surface area contributed by atoms with Crippen molar-refractivity contribution in [3.05, 3.63) is 59.4 Å². The Balaban J connectivity index is 2.07. The summed E-state index contributed by atoms with van der Waals surface area (Å²) in [5.41, 5.74) is 2.52. The number of aromatic hydroxyl groups is 1. The molecule has 2 rings (SSSR count). The zero-order chi connectivity index (χ0) is 12.3. The van der Waals surface area contributed by atoms with Crippen LogP contribution in [0.3, 0.4) is 0 Å². The van der Waals surface area contributed by atoms with E-state index in [2.05, 4.69) is 5.32 Å². The number of halogens is 1. The van der Waals surface area contributed by atoms with Crippen molar-refractivity contribution in [2.24, 2.45) is 0 Å². The number of phenols is 1. The van der Waals surface area contributed by atoms with Crippen LogP contribution in [0.1, 0.15) is 11.1 Å². The highest BCUT2D eigenvalue weighted by atomic mass is 19.1. The molecule has 0 spiro atoms. The molecule has 17 heavy (non-hydrogen) atoms. The van der Waals surface area contributed by atoms with Gasteiger partial charge < -0.3 is 10.4 Å². The number of anilines is 1. The molecule has 0 saturated heterocycles. The number of nitrogens with one attached hydrogen (secondary N) is 1. The van der Waals surface area contributed by atoms with Crippen LogP contribution in [0.2, 0.25) is 0 Å². The van der Waals surface area contributed by atoms with Crippen LogP contribution in [-0.2, 0) is 6.54 Å². The third-order valence-corrected chi connectivity index (χ3v) is 2.55. The number of phenolic OH excluding ortho intramolecular Hbond substituents is 1. The van der Waals surface area contributed by atoms with Gasteiger partial charge in [-0.15, -0.1) is 0 Å². The maximum atomic E-state index is 13.5. The van der Waals surface area contributed by atoms with Crippen molar-refractivity contribution in [1.29, 1.82) is 0 Å². The van der Waals surface area contributed by atoms with Gasteiger partial charge >= 0.3 is 0 Å². The summed E-state index contributed by atoms with van der Waals surface area (Å²) in [5.74, 6) is 0.0131. The van der Waals surface area contributed by atoms with Gasteiger partial charge in [-0.1, -0.05) is 17.7 Å². The second-order valence-electron chi connectivity index (χ2n) is 4.00. The molecule has 0 aliphatic rings. The van der Waals surface area contributed by atoms with E-state index < -0.39 is 0 Å². The first kappa shape index (κ1) is 11.5. The fourth-order valence-electron chi connectivity index (χ4n) is 1.62. The summed E-state index contributed by atoms with van der Waals surface area (Å²) >= 11 is 0. The van der Waals surface area contributed by atoms with Gasteiger partial charge in [0.05, 0.1) is 0 Å². The molecule has 0 aliphatic carbocycles. The number of hydrogen-bond donors (Lipinski definition) is 2. The normalized spacial score (nSPS) is 10.2. The van der Waals surface area contributed by atoms with Crippen molar-refractivity contribution in [3.63, 3.8) is 0 Å². The van der Waals surface area contributed by atoms with Crippen molar-refractivity contribution in [3.8, 4) is 5.75 Å². The Morgan fingerprint density at radius 2 is 1.82 bits per heavy atom. The van der Waals surface area contributed by atoms with Gasteiger partial charge in [-0.3, -0.25) is 0 Å². The Morgan fingerprint density at radius 1 is 1.12 bits per heavy atom. The zero-order valence-electron chi connectivity index (χ0n) is 9.57. The van der Waals surface area contributed by atoms with E-state index in [0.717, 1.165) is 11.3 Å². The number of aryl methyl sites for hydroxylation is 1. The molecule has 0 radical (unpaired) electrons. The lowest BCUT2D eigenvalue weighted by molar-refractivity contribution is 0.475. The van der Waals surface area contributed by atoms with Crippen LogP contribution in [0.15, 0.2) is 42.5 Å². The third-order valence-electron chi connectivity index (χ3n) is 2.55. The van der Waals surface area contributed by atoms with Gasteiger partial charge in [-0.05, 0) is 37.3 Å². The van der Waals surface area contributed by atoms with Gasteiger partial charge in [0.2, 0.25) is 0 Å². The highest BCUT2D eigenvalue weighted by molar-refractivity contribution is 5.46. The van der Waals surface area contributed by atoms with E-state index in [-0.39, 0.29) is 11.6 Å². The highest BCUT2D eigenvalue weighted by Crippen LogP contribution is 2.16. The van der Waals surface area contributed by atoms with E-state index >= 15 is 0 Å². The fraction of sp³-hybridized carbons (Fsp3) is 0.143. The van der Waals surface area contributed by atoms with Crippen molar-refractivity contribution >= 4 is 5.69 Å². The van der Waals surface area contributed by atoms with Crippen molar-refractivity contribution in [1.82, 2.24) is 0 Å². The van der Waals surface area contributed by atoms with Crippen LogP contribution in [-0.4, -0.2) is 5.11 Å². The molecule has 0 atom stereocenters. The Morgan fingerprint density at radius 3 is 2.53 bits per heavy atom.